The fourth-order valence-corrected chi connectivity index (χ4v) is 2.18. The quantitative estimate of drug-likeness (QED) is 0.862. The van der Waals surface area contributed by atoms with E-state index in [0.29, 0.717) is 0 Å². The highest BCUT2D eigenvalue weighted by Crippen LogP contribution is 2.36. The predicted octanol–water partition coefficient (Wildman–Crippen LogP) is 1.75. The third-order valence-electron chi connectivity index (χ3n) is 4.77. The molecule has 1 fully saturated rings. The second kappa shape index (κ2) is 4.85. The third kappa shape index (κ3) is 2.72. The van der Waals surface area contributed by atoms with Gasteiger partial charge in [0, 0.05) is 0 Å². The molecule has 5 heteroatoms. The molecule has 1 aliphatic rings. The third-order valence-corrected chi connectivity index (χ3v) is 4.77. The molecule has 0 unspecified atom stereocenters. The molecule has 2 N–H and O–H groups in total. The normalized spacial score (nSPS) is 20.6. The van der Waals surface area contributed by atoms with E-state index in [0.717, 1.165) is 11.0 Å². The van der Waals surface area contributed by atoms with Gasteiger partial charge in [0.2, 0.25) is 5.91 Å². The summed E-state index contributed by atoms with van der Waals surface area (Å²) in [4.78, 5) is 11.5. The van der Waals surface area contributed by atoms with Gasteiger partial charge in [-0.3, -0.25) is 4.79 Å². The number of carbonyl (C=O) groups is 1. The molecule has 1 aromatic carbocycles. The largest absolute Gasteiger partial charge is 0.494 e. The minimum absolute atomic E-state index is 0.342. The van der Waals surface area contributed by atoms with Gasteiger partial charge in [-0.05, 0) is 52.6 Å². The van der Waals surface area contributed by atoms with Crippen molar-refractivity contribution in [2.24, 2.45) is 5.73 Å². The highest BCUT2D eigenvalue weighted by atomic mass is 16.7. The number of primary amides is 1. The molecule has 1 aliphatic heterocycles. The Labute approximate surface area is 127 Å². The molecule has 1 saturated heterocycles. The minimum Gasteiger partial charge on any atom is -0.399 e. The van der Waals surface area contributed by atoms with Crippen LogP contribution in [-0.4, -0.2) is 24.2 Å². The van der Waals surface area contributed by atoms with Gasteiger partial charge in [-0.2, -0.15) is 0 Å². The van der Waals surface area contributed by atoms with Gasteiger partial charge in [-0.1, -0.05) is 24.3 Å². The van der Waals surface area contributed by atoms with Gasteiger partial charge in [0.05, 0.1) is 16.6 Å². The van der Waals surface area contributed by atoms with E-state index in [-0.39, 0.29) is 24.2 Å². The zero-order chi connectivity index (χ0) is 16.1. The average molecular weight is 289 g/mol. The van der Waals surface area contributed by atoms with E-state index in [1.807, 2.05) is 65.8 Å². The van der Waals surface area contributed by atoms with Crippen molar-refractivity contribution in [1.82, 2.24) is 0 Å². The fourth-order valence-electron chi connectivity index (χ4n) is 2.18. The van der Waals surface area contributed by atoms with E-state index in [1.165, 1.54) is 0 Å². The minimum atomic E-state index is -0.686. The second-order valence-corrected chi connectivity index (χ2v) is 7.20. The first-order chi connectivity index (χ1) is 9.47. The second-order valence-electron chi connectivity index (χ2n) is 7.20. The molecule has 1 amide bonds. The van der Waals surface area contributed by atoms with Crippen LogP contribution in [0.25, 0.3) is 0 Å². The van der Waals surface area contributed by atoms with E-state index >= 15 is 0 Å². The molecule has 1 heterocycles. The summed E-state index contributed by atoms with van der Waals surface area (Å²) in [5.41, 5.74) is 5.87. The molecule has 0 atom stereocenters. The Bertz CT molecular complexity index is 533. The van der Waals surface area contributed by atoms with Crippen molar-refractivity contribution in [3.63, 3.8) is 0 Å². The molecule has 21 heavy (non-hydrogen) atoms. The SMILES string of the molecule is CC(C)(C(N)=O)c1ccc(B2OC(C)(C)C(C)(C)O2)cc1. The summed E-state index contributed by atoms with van der Waals surface area (Å²) in [5, 5.41) is 0. The molecule has 0 bridgehead atoms. The van der Waals surface area contributed by atoms with Gasteiger partial charge in [-0.25, -0.2) is 0 Å². The number of hydrogen-bond donors (Lipinski definition) is 1. The van der Waals surface area contributed by atoms with Gasteiger partial charge in [0.1, 0.15) is 0 Å². The summed E-state index contributed by atoms with van der Waals surface area (Å²) in [6.45, 7) is 11.7. The first-order valence-corrected chi connectivity index (χ1v) is 7.23. The topological polar surface area (TPSA) is 61.6 Å². The Morgan fingerprint density at radius 3 is 1.86 bits per heavy atom. The number of hydrogen-bond acceptors (Lipinski definition) is 3. The molecule has 0 spiro atoms. The lowest BCUT2D eigenvalue weighted by atomic mass is 9.76. The van der Waals surface area contributed by atoms with Crippen LogP contribution in [0.3, 0.4) is 0 Å². The molecule has 0 saturated carbocycles. The van der Waals surface area contributed by atoms with Crippen molar-refractivity contribution in [2.45, 2.75) is 58.2 Å². The van der Waals surface area contributed by atoms with Crippen LogP contribution in [0, 0.1) is 0 Å². The smallest absolute Gasteiger partial charge is 0.399 e. The zero-order valence-corrected chi connectivity index (χ0v) is 13.7. The van der Waals surface area contributed by atoms with Crippen LogP contribution in [0.15, 0.2) is 24.3 Å². The Kier molecular flexibility index (Phi) is 3.71. The number of amides is 1. The van der Waals surface area contributed by atoms with Crippen molar-refractivity contribution in [1.29, 1.82) is 0 Å². The summed E-state index contributed by atoms with van der Waals surface area (Å²) in [6, 6.07) is 7.68. The highest BCUT2D eigenvalue weighted by Gasteiger charge is 2.51. The van der Waals surface area contributed by atoms with Crippen LogP contribution in [0.5, 0.6) is 0 Å². The van der Waals surface area contributed by atoms with E-state index in [4.69, 9.17) is 15.0 Å². The molecule has 114 valence electrons. The maximum atomic E-state index is 11.5. The van der Waals surface area contributed by atoms with Gasteiger partial charge >= 0.3 is 7.12 Å². The molecule has 0 radical (unpaired) electrons. The molecule has 0 aliphatic carbocycles. The van der Waals surface area contributed by atoms with Crippen molar-refractivity contribution >= 4 is 18.5 Å². The van der Waals surface area contributed by atoms with Crippen LogP contribution in [0.1, 0.15) is 47.1 Å². The Morgan fingerprint density at radius 1 is 1.05 bits per heavy atom. The van der Waals surface area contributed by atoms with Crippen molar-refractivity contribution in [2.75, 3.05) is 0 Å². The highest BCUT2D eigenvalue weighted by molar-refractivity contribution is 6.62. The molecular formula is C16H24BNO3. The van der Waals surface area contributed by atoms with Crippen LogP contribution in [0.4, 0.5) is 0 Å². The fraction of sp³-hybridized carbons (Fsp3) is 0.562. The van der Waals surface area contributed by atoms with Crippen LogP contribution in [0.2, 0.25) is 0 Å². The van der Waals surface area contributed by atoms with Crippen LogP contribution < -0.4 is 11.2 Å². The summed E-state index contributed by atoms with van der Waals surface area (Å²) in [5.74, 6) is -0.342. The summed E-state index contributed by atoms with van der Waals surface area (Å²) in [6.07, 6.45) is 0. The van der Waals surface area contributed by atoms with Crippen molar-refractivity contribution in [3.8, 4) is 0 Å². The average Bonchev–Trinajstić information content (AvgIpc) is 2.58. The van der Waals surface area contributed by atoms with E-state index in [1.54, 1.807) is 0 Å². The molecule has 1 aromatic rings. The van der Waals surface area contributed by atoms with E-state index in [2.05, 4.69) is 0 Å². The van der Waals surface area contributed by atoms with E-state index < -0.39 is 5.41 Å². The number of nitrogens with two attached hydrogens (primary N) is 1. The van der Waals surface area contributed by atoms with Gasteiger partial charge in [-0.15, -0.1) is 0 Å². The van der Waals surface area contributed by atoms with Gasteiger partial charge in [0.15, 0.2) is 0 Å². The van der Waals surface area contributed by atoms with Crippen LogP contribution in [-0.2, 0) is 19.5 Å². The Morgan fingerprint density at radius 2 is 1.48 bits per heavy atom. The summed E-state index contributed by atoms with van der Waals surface area (Å²) in [7, 11) is -0.388. The summed E-state index contributed by atoms with van der Waals surface area (Å²) < 4.78 is 12.0. The monoisotopic (exact) mass is 289 g/mol. The van der Waals surface area contributed by atoms with Crippen LogP contribution >= 0.6 is 0 Å². The number of carbonyl (C=O) groups excluding carboxylic acids is 1. The lowest BCUT2D eigenvalue weighted by Crippen LogP contribution is -2.41. The summed E-state index contributed by atoms with van der Waals surface area (Å²) >= 11 is 0. The molecule has 4 nitrogen and oxygen atoms in total. The molecule has 2 rings (SSSR count). The van der Waals surface area contributed by atoms with Crippen molar-refractivity contribution < 1.29 is 14.1 Å². The number of rotatable bonds is 3. The Hall–Kier alpha value is -1.33. The number of benzene rings is 1. The first kappa shape index (κ1) is 16.1. The maximum absolute atomic E-state index is 11.5. The lowest BCUT2D eigenvalue weighted by Gasteiger charge is -2.32. The lowest BCUT2D eigenvalue weighted by molar-refractivity contribution is -0.122. The molecule has 0 aromatic heterocycles. The predicted molar refractivity (Wildman–Crippen MR) is 84.4 cm³/mol. The Balaban J connectivity index is 2.24. The maximum Gasteiger partial charge on any atom is 0.494 e. The van der Waals surface area contributed by atoms with Crippen molar-refractivity contribution in [3.05, 3.63) is 29.8 Å². The van der Waals surface area contributed by atoms with E-state index in [9.17, 15) is 4.79 Å². The van der Waals surface area contributed by atoms with Gasteiger partial charge in [0.25, 0.3) is 0 Å². The van der Waals surface area contributed by atoms with Gasteiger partial charge < -0.3 is 15.0 Å². The first-order valence-electron chi connectivity index (χ1n) is 7.23. The standard InChI is InChI=1S/C16H24BNO3/c1-14(2,13(18)19)11-7-9-12(10-8-11)17-20-15(3,4)16(5,6)21-17/h7-10H,1-6H3,(H2,18,19). The molecular weight excluding hydrogens is 265 g/mol. The zero-order valence-electron chi connectivity index (χ0n) is 13.7.